The van der Waals surface area contributed by atoms with Gasteiger partial charge >= 0.3 is 11.7 Å². The number of rotatable bonds is 5. The molecule has 0 saturated heterocycles. The molecule has 10 nitrogen and oxygen atoms in total. The number of carbonyl (C=O) groups is 2. The van der Waals surface area contributed by atoms with Gasteiger partial charge in [0, 0.05) is 24.1 Å². The average Bonchev–Trinajstić information content (AvgIpc) is 2.67. The quantitative estimate of drug-likeness (QED) is 0.421. The Kier molecular flexibility index (Phi) is 5.30. The molecule has 0 fully saturated rings. The number of urea groups is 1. The van der Waals surface area contributed by atoms with Gasteiger partial charge in [-0.2, -0.15) is 0 Å². The van der Waals surface area contributed by atoms with Crippen molar-refractivity contribution in [3.63, 3.8) is 0 Å². The molecule has 1 aromatic carbocycles. The number of carbonyl (C=O) groups excluding carboxylic acids is 2. The second-order valence-corrected chi connectivity index (χ2v) is 5.68. The Labute approximate surface area is 157 Å². The number of pyridine rings is 1. The first kappa shape index (κ1) is 18.6. The predicted octanol–water partition coefficient (Wildman–Crippen LogP) is 1.17. The topological polar surface area (TPSA) is 149 Å². The molecule has 3 aromatic rings. The molecule has 28 heavy (non-hydrogen) atoms. The molecule has 10 heteroatoms. The molecule has 2 heterocycles. The van der Waals surface area contributed by atoms with Gasteiger partial charge in [-0.05, 0) is 30.3 Å². The Morgan fingerprint density at radius 2 is 1.75 bits per heavy atom. The van der Waals surface area contributed by atoms with Gasteiger partial charge in [-0.3, -0.25) is 19.6 Å². The molecule has 142 valence electrons. The summed E-state index contributed by atoms with van der Waals surface area (Å²) in [5.41, 5.74) is -0.0356. The van der Waals surface area contributed by atoms with E-state index in [1.807, 2.05) is 0 Å². The third-order valence-corrected chi connectivity index (χ3v) is 3.66. The number of benzene rings is 1. The molecule has 0 saturated carbocycles. The number of amides is 3. The van der Waals surface area contributed by atoms with Gasteiger partial charge in [0.1, 0.15) is 5.65 Å². The molecule has 3 rings (SSSR count). The molecule has 0 atom stereocenters. The molecule has 0 aliphatic heterocycles. The fourth-order valence-electron chi connectivity index (χ4n) is 2.35. The van der Waals surface area contributed by atoms with E-state index in [0.717, 1.165) is 0 Å². The molecule has 0 spiro atoms. The van der Waals surface area contributed by atoms with Crippen molar-refractivity contribution in [2.75, 3.05) is 17.2 Å². The van der Waals surface area contributed by atoms with Crippen LogP contribution in [-0.2, 0) is 0 Å². The van der Waals surface area contributed by atoms with Crippen molar-refractivity contribution in [3.05, 3.63) is 75.6 Å². The summed E-state index contributed by atoms with van der Waals surface area (Å²) >= 11 is 0. The molecule has 5 N–H and O–H groups in total. The Hall–Kier alpha value is -4.21. The van der Waals surface area contributed by atoms with Gasteiger partial charge in [-0.15, -0.1) is 6.58 Å². The van der Waals surface area contributed by atoms with Crippen LogP contribution in [0.1, 0.15) is 10.4 Å². The number of hydrogen-bond acceptors (Lipinski definition) is 5. The average molecular weight is 380 g/mol. The van der Waals surface area contributed by atoms with E-state index in [2.05, 4.69) is 37.5 Å². The lowest BCUT2D eigenvalue weighted by Crippen LogP contribution is -2.28. The molecular formula is C18H16N6O4. The van der Waals surface area contributed by atoms with E-state index in [4.69, 9.17) is 0 Å². The molecule has 0 aliphatic rings. The lowest BCUT2D eigenvalue weighted by molar-refractivity contribution is 0.102. The lowest BCUT2D eigenvalue weighted by Gasteiger charge is -2.08. The highest BCUT2D eigenvalue weighted by Crippen LogP contribution is 2.15. The highest BCUT2D eigenvalue weighted by Gasteiger charge is 2.10. The Morgan fingerprint density at radius 3 is 2.43 bits per heavy atom. The van der Waals surface area contributed by atoms with Crippen LogP contribution in [0.4, 0.5) is 16.2 Å². The van der Waals surface area contributed by atoms with Gasteiger partial charge in [-0.25, -0.2) is 14.6 Å². The first-order valence-electron chi connectivity index (χ1n) is 8.16. The van der Waals surface area contributed by atoms with Gasteiger partial charge in [0.15, 0.2) is 0 Å². The summed E-state index contributed by atoms with van der Waals surface area (Å²) in [4.78, 5) is 55.4. The highest BCUT2D eigenvalue weighted by atomic mass is 16.2. The third-order valence-electron chi connectivity index (χ3n) is 3.66. The van der Waals surface area contributed by atoms with Gasteiger partial charge in [-0.1, -0.05) is 6.08 Å². The monoisotopic (exact) mass is 380 g/mol. The standard InChI is InChI=1S/C18H16N6O4/c1-2-7-19-17(27)22-12-5-3-11(4-6-12)21-15(25)10-8-13-14(20-9-10)23-18(28)24-16(13)26/h2-6,8-9H,1,7H2,(H,21,25)(H2,19,22,27)(H2,20,23,24,26,28). The maximum atomic E-state index is 12.4. The minimum atomic E-state index is -0.672. The zero-order chi connectivity index (χ0) is 20.1. The molecule has 0 unspecified atom stereocenters. The minimum absolute atomic E-state index is 0.0930. The van der Waals surface area contributed by atoms with Crippen LogP contribution in [0.3, 0.4) is 0 Å². The second-order valence-electron chi connectivity index (χ2n) is 5.68. The van der Waals surface area contributed by atoms with Crippen molar-refractivity contribution in [1.82, 2.24) is 20.3 Å². The fourth-order valence-corrected chi connectivity index (χ4v) is 2.35. The van der Waals surface area contributed by atoms with E-state index in [-0.39, 0.29) is 22.6 Å². The third kappa shape index (κ3) is 4.30. The Bertz CT molecular complexity index is 1160. The number of H-pyrrole nitrogens is 2. The number of nitrogens with one attached hydrogen (secondary N) is 5. The summed E-state index contributed by atoms with van der Waals surface area (Å²) < 4.78 is 0. The number of aromatic amines is 2. The van der Waals surface area contributed by atoms with Crippen molar-refractivity contribution >= 4 is 34.3 Å². The van der Waals surface area contributed by atoms with Gasteiger partial charge in [0.2, 0.25) is 0 Å². The van der Waals surface area contributed by atoms with Crippen LogP contribution in [-0.4, -0.2) is 33.4 Å². The van der Waals surface area contributed by atoms with E-state index in [1.165, 1.54) is 12.3 Å². The van der Waals surface area contributed by atoms with Gasteiger partial charge < -0.3 is 16.0 Å². The summed E-state index contributed by atoms with van der Waals surface area (Å²) in [6.45, 7) is 3.85. The second kappa shape index (κ2) is 7.99. The SMILES string of the molecule is C=CCNC(=O)Nc1ccc(NC(=O)c2cnc3[nH]c(=O)[nH]c(=O)c3c2)cc1. The maximum absolute atomic E-state index is 12.4. The molecule has 3 amide bonds. The number of nitrogens with zero attached hydrogens (tertiary/aromatic N) is 1. The van der Waals surface area contributed by atoms with Crippen molar-refractivity contribution in [2.45, 2.75) is 0 Å². The molecule has 2 aromatic heterocycles. The maximum Gasteiger partial charge on any atom is 0.327 e. The summed E-state index contributed by atoms with van der Waals surface area (Å²) in [6, 6.07) is 7.43. The lowest BCUT2D eigenvalue weighted by atomic mass is 10.2. The number of aromatic nitrogens is 3. The fraction of sp³-hybridized carbons (Fsp3) is 0.0556. The van der Waals surface area contributed by atoms with E-state index in [0.29, 0.717) is 17.9 Å². The van der Waals surface area contributed by atoms with Crippen LogP contribution in [0.5, 0.6) is 0 Å². The van der Waals surface area contributed by atoms with Crippen molar-refractivity contribution < 1.29 is 9.59 Å². The number of fused-ring (bicyclic) bond motifs is 1. The summed E-state index contributed by atoms with van der Waals surface area (Å²) in [6.07, 6.45) is 2.82. The van der Waals surface area contributed by atoms with Crippen LogP contribution >= 0.6 is 0 Å². The minimum Gasteiger partial charge on any atom is -0.334 e. The van der Waals surface area contributed by atoms with Crippen molar-refractivity contribution in [2.24, 2.45) is 0 Å². The number of anilines is 2. The zero-order valence-electron chi connectivity index (χ0n) is 14.5. The van der Waals surface area contributed by atoms with Crippen LogP contribution in [0, 0.1) is 0 Å². The number of hydrogen-bond donors (Lipinski definition) is 5. The molecule has 0 radical (unpaired) electrons. The largest absolute Gasteiger partial charge is 0.334 e. The highest BCUT2D eigenvalue weighted by molar-refractivity contribution is 6.05. The Balaban J connectivity index is 1.71. The van der Waals surface area contributed by atoms with Crippen LogP contribution in [0.2, 0.25) is 0 Å². The molecular weight excluding hydrogens is 364 g/mol. The van der Waals surface area contributed by atoms with Gasteiger partial charge in [0.25, 0.3) is 11.5 Å². The van der Waals surface area contributed by atoms with Crippen LogP contribution < -0.4 is 27.2 Å². The Morgan fingerprint density at radius 1 is 1.07 bits per heavy atom. The van der Waals surface area contributed by atoms with E-state index < -0.39 is 17.2 Å². The normalized spacial score (nSPS) is 10.3. The summed E-state index contributed by atoms with van der Waals surface area (Å²) in [5, 5.41) is 7.97. The first-order chi connectivity index (χ1) is 13.5. The van der Waals surface area contributed by atoms with E-state index >= 15 is 0 Å². The molecule has 0 aliphatic carbocycles. The summed E-state index contributed by atoms with van der Waals surface area (Å²) in [7, 11) is 0. The smallest absolute Gasteiger partial charge is 0.327 e. The van der Waals surface area contributed by atoms with E-state index in [1.54, 1.807) is 30.3 Å². The first-order valence-corrected chi connectivity index (χ1v) is 8.16. The van der Waals surface area contributed by atoms with Crippen LogP contribution in [0.25, 0.3) is 11.0 Å². The zero-order valence-corrected chi connectivity index (χ0v) is 14.5. The van der Waals surface area contributed by atoms with Crippen molar-refractivity contribution in [3.8, 4) is 0 Å². The molecule has 0 bridgehead atoms. The van der Waals surface area contributed by atoms with Crippen LogP contribution in [0.15, 0.2) is 58.8 Å². The van der Waals surface area contributed by atoms with E-state index in [9.17, 15) is 19.2 Å². The summed E-state index contributed by atoms with van der Waals surface area (Å²) in [5.74, 6) is -0.482. The van der Waals surface area contributed by atoms with Gasteiger partial charge in [0.05, 0.1) is 10.9 Å². The predicted molar refractivity (Wildman–Crippen MR) is 105 cm³/mol. The van der Waals surface area contributed by atoms with Crippen molar-refractivity contribution in [1.29, 1.82) is 0 Å².